The van der Waals surface area contributed by atoms with Crippen LogP contribution in [0.25, 0.3) is 43.8 Å². The second-order valence-electron chi connectivity index (χ2n) is 6.75. The van der Waals surface area contributed by atoms with Gasteiger partial charge in [-0.15, -0.1) is 0 Å². The summed E-state index contributed by atoms with van der Waals surface area (Å²) in [7, 11) is 0. The summed E-state index contributed by atoms with van der Waals surface area (Å²) in [6.45, 7) is 4.15. The normalized spacial score (nSPS) is 12.1. The van der Waals surface area contributed by atoms with E-state index < -0.39 is 0 Å². The highest BCUT2D eigenvalue weighted by atomic mass is 16.5. The van der Waals surface area contributed by atoms with Gasteiger partial charge in [-0.1, -0.05) is 48.5 Å². The largest absolute Gasteiger partial charge is 0.490 e. The molecule has 4 aromatic rings. The predicted octanol–water partition coefficient (Wildman–Crippen LogP) is 6.43. The third-order valence-electron chi connectivity index (χ3n) is 4.83. The highest BCUT2D eigenvalue weighted by Gasteiger charge is 2.23. The maximum Gasteiger partial charge on any atom is 0.127 e. The van der Waals surface area contributed by atoms with Gasteiger partial charge in [0.05, 0.1) is 6.10 Å². The zero-order chi connectivity index (χ0) is 16.3. The van der Waals surface area contributed by atoms with Crippen molar-refractivity contribution in [2.24, 2.45) is 0 Å². The molecule has 0 radical (unpaired) electrons. The van der Waals surface area contributed by atoms with Crippen molar-refractivity contribution in [3.8, 4) is 28.0 Å². The van der Waals surface area contributed by atoms with Gasteiger partial charge < -0.3 is 4.74 Å². The van der Waals surface area contributed by atoms with Gasteiger partial charge in [-0.05, 0) is 65.1 Å². The van der Waals surface area contributed by atoms with Crippen molar-refractivity contribution in [2.45, 2.75) is 20.0 Å². The van der Waals surface area contributed by atoms with E-state index in [9.17, 15) is 0 Å². The van der Waals surface area contributed by atoms with Gasteiger partial charge in [0.15, 0.2) is 0 Å². The molecule has 0 amide bonds. The maximum absolute atomic E-state index is 6.04. The average molecular weight is 310 g/mol. The van der Waals surface area contributed by atoms with Crippen molar-refractivity contribution < 1.29 is 4.74 Å². The fourth-order valence-corrected chi connectivity index (χ4v) is 3.87. The molecule has 0 N–H and O–H groups in total. The van der Waals surface area contributed by atoms with Gasteiger partial charge in [0, 0.05) is 10.8 Å². The molecule has 0 bridgehead atoms. The summed E-state index contributed by atoms with van der Waals surface area (Å²) >= 11 is 0. The van der Waals surface area contributed by atoms with E-state index in [1.807, 2.05) is 0 Å². The molecule has 0 aliphatic heterocycles. The molecule has 0 unspecified atom stereocenters. The van der Waals surface area contributed by atoms with Crippen LogP contribution in [-0.4, -0.2) is 6.10 Å². The van der Waals surface area contributed by atoms with Gasteiger partial charge in [0.1, 0.15) is 5.75 Å². The van der Waals surface area contributed by atoms with Gasteiger partial charge in [-0.2, -0.15) is 0 Å². The fraction of sp³-hybridized carbons (Fsp3) is 0.130. The SMILES string of the molecule is CC(C)Oc1ccc2c3c(cccc13)-c1cc3ccccc3cc1-2. The molecule has 1 nitrogen and oxygen atoms in total. The van der Waals surface area contributed by atoms with E-state index in [0.717, 1.165) is 5.75 Å². The Morgan fingerprint density at radius 3 is 2.00 bits per heavy atom. The Morgan fingerprint density at radius 1 is 0.667 bits per heavy atom. The topological polar surface area (TPSA) is 9.23 Å². The summed E-state index contributed by atoms with van der Waals surface area (Å²) in [5, 5.41) is 5.11. The molecule has 4 aromatic carbocycles. The van der Waals surface area contributed by atoms with Gasteiger partial charge in [0.25, 0.3) is 0 Å². The highest BCUT2D eigenvalue weighted by molar-refractivity contribution is 6.18. The lowest BCUT2D eigenvalue weighted by molar-refractivity contribution is 0.245. The van der Waals surface area contributed by atoms with E-state index in [1.165, 1.54) is 43.8 Å². The molecule has 1 aliphatic rings. The van der Waals surface area contributed by atoms with Crippen LogP contribution in [0.15, 0.2) is 66.7 Å². The third kappa shape index (κ3) is 1.81. The van der Waals surface area contributed by atoms with E-state index in [1.54, 1.807) is 0 Å². The summed E-state index contributed by atoms with van der Waals surface area (Å²) in [4.78, 5) is 0. The monoisotopic (exact) mass is 310 g/mol. The molecular formula is C23H18O. The number of fused-ring (bicyclic) bond motifs is 4. The molecule has 0 aromatic heterocycles. The van der Waals surface area contributed by atoms with Crippen LogP contribution in [-0.2, 0) is 0 Å². The lowest BCUT2D eigenvalue weighted by atomic mass is 9.99. The van der Waals surface area contributed by atoms with E-state index in [0.29, 0.717) is 0 Å². The summed E-state index contributed by atoms with van der Waals surface area (Å²) in [6.07, 6.45) is 0.174. The molecule has 1 heteroatoms. The molecule has 0 atom stereocenters. The van der Waals surface area contributed by atoms with Crippen molar-refractivity contribution in [3.05, 3.63) is 66.7 Å². The average Bonchev–Trinajstić information content (AvgIpc) is 2.90. The minimum atomic E-state index is 0.174. The van der Waals surface area contributed by atoms with Gasteiger partial charge in [-0.25, -0.2) is 0 Å². The fourth-order valence-electron chi connectivity index (χ4n) is 3.87. The van der Waals surface area contributed by atoms with Crippen molar-refractivity contribution in [3.63, 3.8) is 0 Å². The lowest BCUT2D eigenvalue weighted by Gasteiger charge is -2.13. The maximum atomic E-state index is 6.04. The molecule has 0 spiro atoms. The van der Waals surface area contributed by atoms with Crippen LogP contribution in [0.4, 0.5) is 0 Å². The van der Waals surface area contributed by atoms with Gasteiger partial charge in [-0.3, -0.25) is 0 Å². The minimum Gasteiger partial charge on any atom is -0.490 e. The first-order chi connectivity index (χ1) is 11.7. The zero-order valence-corrected chi connectivity index (χ0v) is 13.8. The van der Waals surface area contributed by atoms with Crippen molar-refractivity contribution >= 4 is 21.5 Å². The van der Waals surface area contributed by atoms with E-state index >= 15 is 0 Å². The Hall–Kier alpha value is -2.80. The quantitative estimate of drug-likeness (QED) is 0.365. The van der Waals surface area contributed by atoms with Crippen LogP contribution in [0.3, 0.4) is 0 Å². The second kappa shape index (κ2) is 4.85. The van der Waals surface area contributed by atoms with Crippen LogP contribution in [0.5, 0.6) is 5.75 Å². The summed E-state index contributed by atoms with van der Waals surface area (Å²) < 4.78 is 6.04. The predicted molar refractivity (Wildman–Crippen MR) is 102 cm³/mol. The molecule has 1 aliphatic carbocycles. The first-order valence-corrected chi connectivity index (χ1v) is 8.48. The van der Waals surface area contributed by atoms with Crippen molar-refractivity contribution in [1.82, 2.24) is 0 Å². The Balaban J connectivity index is 1.86. The first kappa shape index (κ1) is 13.6. The summed E-state index contributed by atoms with van der Waals surface area (Å²) in [5.74, 6) is 0.975. The Kier molecular flexibility index (Phi) is 2.75. The summed E-state index contributed by atoms with van der Waals surface area (Å²) in [5.41, 5.74) is 5.29. The molecule has 116 valence electrons. The molecule has 0 heterocycles. The van der Waals surface area contributed by atoms with Gasteiger partial charge in [0.2, 0.25) is 0 Å². The number of rotatable bonds is 2. The van der Waals surface area contributed by atoms with Crippen LogP contribution in [0.2, 0.25) is 0 Å². The summed E-state index contributed by atoms with van der Waals surface area (Å²) in [6, 6.07) is 24.1. The molecule has 24 heavy (non-hydrogen) atoms. The lowest BCUT2D eigenvalue weighted by Crippen LogP contribution is -2.05. The second-order valence-corrected chi connectivity index (χ2v) is 6.75. The van der Waals surface area contributed by atoms with Crippen LogP contribution < -0.4 is 4.74 Å². The van der Waals surface area contributed by atoms with E-state index in [-0.39, 0.29) is 6.10 Å². The highest BCUT2D eigenvalue weighted by Crippen LogP contribution is 2.50. The molecule has 0 fully saturated rings. The van der Waals surface area contributed by atoms with Crippen molar-refractivity contribution in [1.29, 1.82) is 0 Å². The molecule has 0 saturated carbocycles. The third-order valence-corrected chi connectivity index (χ3v) is 4.83. The van der Waals surface area contributed by atoms with Crippen LogP contribution in [0, 0.1) is 0 Å². The smallest absolute Gasteiger partial charge is 0.127 e. The van der Waals surface area contributed by atoms with Crippen molar-refractivity contribution in [2.75, 3.05) is 0 Å². The molecule has 5 rings (SSSR count). The van der Waals surface area contributed by atoms with Crippen LogP contribution in [0.1, 0.15) is 13.8 Å². The standard InChI is InChI=1S/C23H18O/c1-14(2)24-22-11-10-18-21-13-16-7-4-3-6-15(16)12-20(21)17-8-5-9-19(22)23(17)18/h3-14H,1-2H3. The minimum absolute atomic E-state index is 0.174. The Morgan fingerprint density at radius 2 is 1.33 bits per heavy atom. The molecular weight excluding hydrogens is 292 g/mol. The Labute approximate surface area is 141 Å². The van der Waals surface area contributed by atoms with E-state index in [4.69, 9.17) is 4.74 Å². The first-order valence-electron chi connectivity index (χ1n) is 8.48. The molecule has 0 saturated heterocycles. The van der Waals surface area contributed by atoms with Crippen LogP contribution >= 0.6 is 0 Å². The van der Waals surface area contributed by atoms with E-state index in [2.05, 4.69) is 80.6 Å². The number of hydrogen-bond donors (Lipinski definition) is 0. The number of ether oxygens (including phenoxy) is 1. The Bertz CT molecular complexity index is 1060. The zero-order valence-electron chi connectivity index (χ0n) is 13.8. The number of benzene rings is 4. The van der Waals surface area contributed by atoms with Gasteiger partial charge >= 0.3 is 0 Å². The number of hydrogen-bond acceptors (Lipinski definition) is 1.